The number of hydrogen-bond donors (Lipinski definition) is 2. The van der Waals surface area contributed by atoms with Crippen molar-refractivity contribution in [1.82, 2.24) is 5.43 Å². The average molecular weight is 274 g/mol. The third kappa shape index (κ3) is 6.58. The van der Waals surface area contributed by atoms with Gasteiger partial charge in [0.25, 0.3) is 0 Å². The number of hydrazine groups is 1. The highest BCUT2D eigenvalue weighted by Gasteiger charge is 2.09. The fourth-order valence-electron chi connectivity index (χ4n) is 1.73. The molecule has 4 nitrogen and oxygen atoms in total. The highest BCUT2D eigenvalue weighted by atomic mass is 19.1. The van der Waals surface area contributed by atoms with Crippen molar-refractivity contribution in [2.24, 2.45) is 5.84 Å². The number of hydrogen-bond acceptors (Lipinski definition) is 4. The smallest absolute Gasteiger partial charge is 0.126 e. The molecule has 0 spiro atoms. The van der Waals surface area contributed by atoms with Crippen LogP contribution < -0.4 is 11.3 Å². The Bertz CT molecular complexity index is 357. The molecule has 1 atom stereocenters. The van der Waals surface area contributed by atoms with Crippen molar-refractivity contribution in [3.63, 3.8) is 0 Å². The molecular weight excluding hydrogens is 254 g/mol. The minimum Gasteiger partial charge on any atom is -0.382 e. The largest absolute Gasteiger partial charge is 0.382 e. The Balaban J connectivity index is 2.38. The van der Waals surface area contributed by atoms with Crippen LogP contribution in [0.4, 0.5) is 8.78 Å². The molecule has 1 aromatic rings. The first kappa shape index (κ1) is 16.0. The maximum atomic E-state index is 13.0. The number of ether oxygens (including phenoxy) is 2. The van der Waals surface area contributed by atoms with Gasteiger partial charge in [0.1, 0.15) is 11.6 Å². The molecule has 0 aliphatic carbocycles. The van der Waals surface area contributed by atoms with Gasteiger partial charge in [-0.25, -0.2) is 8.78 Å². The molecule has 0 aliphatic rings. The zero-order chi connectivity index (χ0) is 14.1. The highest BCUT2D eigenvalue weighted by molar-refractivity contribution is 5.18. The van der Waals surface area contributed by atoms with E-state index in [0.717, 1.165) is 6.07 Å². The predicted octanol–water partition coefficient (Wildman–Crippen LogP) is 1.39. The van der Waals surface area contributed by atoms with Crippen LogP contribution in [0, 0.1) is 11.6 Å². The second kappa shape index (κ2) is 8.92. The molecule has 6 heteroatoms. The van der Waals surface area contributed by atoms with Crippen LogP contribution in [0.1, 0.15) is 12.0 Å². The summed E-state index contributed by atoms with van der Waals surface area (Å²) < 4.78 is 36.3. The normalized spacial score (nSPS) is 12.6. The summed E-state index contributed by atoms with van der Waals surface area (Å²) in [6.45, 7) is 1.56. The van der Waals surface area contributed by atoms with Crippen molar-refractivity contribution in [3.8, 4) is 0 Å². The molecule has 1 rings (SSSR count). The summed E-state index contributed by atoms with van der Waals surface area (Å²) in [4.78, 5) is 0. The van der Waals surface area contributed by atoms with E-state index in [1.165, 1.54) is 12.1 Å². The minimum absolute atomic E-state index is 0.0938. The average Bonchev–Trinajstić information content (AvgIpc) is 2.36. The van der Waals surface area contributed by atoms with Crippen LogP contribution in [-0.2, 0) is 15.9 Å². The van der Waals surface area contributed by atoms with Gasteiger partial charge in [-0.3, -0.25) is 11.3 Å². The Hall–Kier alpha value is -1.08. The lowest BCUT2D eigenvalue weighted by Crippen LogP contribution is -2.37. The van der Waals surface area contributed by atoms with Gasteiger partial charge in [-0.1, -0.05) is 0 Å². The number of nitrogens with two attached hydrogens (primary N) is 1. The summed E-state index contributed by atoms with van der Waals surface area (Å²) >= 11 is 0. The second-order valence-electron chi connectivity index (χ2n) is 4.24. The lowest BCUT2D eigenvalue weighted by molar-refractivity contribution is 0.0658. The summed E-state index contributed by atoms with van der Waals surface area (Å²) in [6, 6.07) is 3.37. The lowest BCUT2D eigenvalue weighted by atomic mass is 10.0. The van der Waals surface area contributed by atoms with E-state index in [9.17, 15) is 8.78 Å². The van der Waals surface area contributed by atoms with Gasteiger partial charge < -0.3 is 9.47 Å². The van der Waals surface area contributed by atoms with E-state index in [2.05, 4.69) is 5.43 Å². The molecule has 3 N–H and O–H groups in total. The highest BCUT2D eigenvalue weighted by Crippen LogP contribution is 2.11. The lowest BCUT2D eigenvalue weighted by Gasteiger charge is -2.16. The molecule has 0 aromatic heterocycles. The first-order chi connectivity index (χ1) is 9.15. The minimum atomic E-state index is -0.581. The maximum Gasteiger partial charge on any atom is 0.126 e. The molecule has 0 bridgehead atoms. The summed E-state index contributed by atoms with van der Waals surface area (Å²) in [7, 11) is 1.60. The van der Waals surface area contributed by atoms with Gasteiger partial charge >= 0.3 is 0 Å². The molecule has 19 heavy (non-hydrogen) atoms. The van der Waals surface area contributed by atoms with Crippen molar-refractivity contribution >= 4 is 0 Å². The third-order valence-corrected chi connectivity index (χ3v) is 2.68. The zero-order valence-electron chi connectivity index (χ0n) is 11.0. The fourth-order valence-corrected chi connectivity index (χ4v) is 1.73. The molecule has 1 unspecified atom stereocenters. The van der Waals surface area contributed by atoms with E-state index in [1.54, 1.807) is 7.11 Å². The van der Waals surface area contributed by atoms with Gasteiger partial charge in [0, 0.05) is 25.8 Å². The van der Waals surface area contributed by atoms with Crippen LogP contribution >= 0.6 is 0 Å². The van der Waals surface area contributed by atoms with E-state index in [-0.39, 0.29) is 6.04 Å². The molecule has 108 valence electrons. The monoisotopic (exact) mass is 274 g/mol. The number of benzene rings is 1. The van der Waals surface area contributed by atoms with Crippen molar-refractivity contribution in [3.05, 3.63) is 35.4 Å². The number of rotatable bonds is 9. The van der Waals surface area contributed by atoms with E-state index >= 15 is 0 Å². The molecule has 0 saturated carbocycles. The topological polar surface area (TPSA) is 56.5 Å². The second-order valence-corrected chi connectivity index (χ2v) is 4.24. The van der Waals surface area contributed by atoms with Gasteiger partial charge in [-0.2, -0.15) is 0 Å². The van der Waals surface area contributed by atoms with Crippen molar-refractivity contribution < 1.29 is 18.3 Å². The molecule has 0 fully saturated rings. The van der Waals surface area contributed by atoms with Crippen molar-refractivity contribution in [1.29, 1.82) is 0 Å². The first-order valence-corrected chi connectivity index (χ1v) is 6.13. The van der Waals surface area contributed by atoms with Crippen LogP contribution in [0.15, 0.2) is 18.2 Å². The predicted molar refractivity (Wildman–Crippen MR) is 68.5 cm³/mol. The molecule has 0 aliphatic heterocycles. The van der Waals surface area contributed by atoms with Gasteiger partial charge in [0.15, 0.2) is 0 Å². The molecule has 0 amide bonds. The molecule has 0 saturated heterocycles. The fraction of sp³-hybridized carbons (Fsp3) is 0.538. The van der Waals surface area contributed by atoms with E-state index in [1.807, 2.05) is 0 Å². The Morgan fingerprint density at radius 2 is 1.84 bits per heavy atom. The summed E-state index contributed by atoms with van der Waals surface area (Å²) in [6.07, 6.45) is 1.09. The summed E-state index contributed by atoms with van der Waals surface area (Å²) in [5.41, 5.74) is 3.19. The Kier molecular flexibility index (Phi) is 7.50. The standard InChI is InChI=1S/C13H20F2N2O2/c1-18-4-5-19-3-2-13(17-16)8-10-6-11(14)9-12(15)7-10/h6-7,9,13,17H,2-5,8,16H2,1H3. The van der Waals surface area contributed by atoms with Crippen LogP contribution in [0.3, 0.4) is 0 Å². The van der Waals surface area contributed by atoms with Gasteiger partial charge in [-0.05, 0) is 30.5 Å². The molecular formula is C13H20F2N2O2. The quantitative estimate of drug-likeness (QED) is 0.406. The molecule has 0 heterocycles. The SMILES string of the molecule is COCCOCCC(Cc1cc(F)cc(F)c1)NN. The van der Waals surface area contributed by atoms with E-state index in [4.69, 9.17) is 15.3 Å². The maximum absolute atomic E-state index is 13.0. The van der Waals surface area contributed by atoms with Gasteiger partial charge in [-0.15, -0.1) is 0 Å². The van der Waals surface area contributed by atoms with Crippen LogP contribution in [0.2, 0.25) is 0 Å². The molecule has 0 radical (unpaired) electrons. The Morgan fingerprint density at radius 3 is 2.42 bits per heavy atom. The number of halogens is 2. The number of methoxy groups -OCH3 is 1. The Labute approximate surface area is 111 Å². The summed E-state index contributed by atoms with van der Waals surface area (Å²) in [5.74, 6) is 4.26. The van der Waals surface area contributed by atoms with Crippen LogP contribution in [0.25, 0.3) is 0 Å². The zero-order valence-corrected chi connectivity index (χ0v) is 11.0. The van der Waals surface area contributed by atoms with Crippen LogP contribution in [0.5, 0.6) is 0 Å². The van der Waals surface area contributed by atoms with Crippen molar-refractivity contribution in [2.45, 2.75) is 18.9 Å². The number of nitrogens with one attached hydrogen (secondary N) is 1. The molecule has 1 aromatic carbocycles. The van der Waals surface area contributed by atoms with Crippen molar-refractivity contribution in [2.75, 3.05) is 26.9 Å². The van der Waals surface area contributed by atoms with Gasteiger partial charge in [0.2, 0.25) is 0 Å². The first-order valence-electron chi connectivity index (χ1n) is 6.13. The van der Waals surface area contributed by atoms with E-state index in [0.29, 0.717) is 38.2 Å². The summed E-state index contributed by atoms with van der Waals surface area (Å²) in [5, 5.41) is 0. The Morgan fingerprint density at radius 1 is 1.16 bits per heavy atom. The van der Waals surface area contributed by atoms with Gasteiger partial charge in [0.05, 0.1) is 13.2 Å². The van der Waals surface area contributed by atoms with E-state index < -0.39 is 11.6 Å². The van der Waals surface area contributed by atoms with Crippen LogP contribution in [-0.4, -0.2) is 33.0 Å². The third-order valence-electron chi connectivity index (χ3n) is 2.68.